The molecule has 0 aromatic carbocycles. The summed E-state index contributed by atoms with van der Waals surface area (Å²) in [5.74, 6) is -2.72. The number of esters is 1. The molecule has 0 aliphatic rings. The molecular weight excluding hydrogens is 214 g/mol. The van der Waals surface area contributed by atoms with Crippen LogP contribution in [0.2, 0.25) is 0 Å². The predicted molar refractivity (Wildman–Crippen MR) is 54.6 cm³/mol. The number of rotatable bonds is 2. The fourth-order valence-corrected chi connectivity index (χ4v) is 1.06. The number of nitrogens with one attached hydrogen (secondary N) is 1. The van der Waals surface area contributed by atoms with Crippen molar-refractivity contribution in [1.29, 1.82) is 0 Å². The van der Waals surface area contributed by atoms with Crippen molar-refractivity contribution in [2.75, 3.05) is 0 Å². The molecule has 0 amide bonds. The van der Waals surface area contributed by atoms with Crippen LogP contribution in [0.5, 0.6) is 5.75 Å². The van der Waals surface area contributed by atoms with Gasteiger partial charge in [-0.25, -0.2) is 9.59 Å². The van der Waals surface area contributed by atoms with Gasteiger partial charge < -0.3 is 19.9 Å². The first kappa shape index (κ1) is 12.1. The van der Waals surface area contributed by atoms with E-state index in [0.29, 0.717) is 0 Å². The van der Waals surface area contributed by atoms with E-state index in [4.69, 9.17) is 9.84 Å². The molecule has 0 bridgehead atoms. The van der Waals surface area contributed by atoms with Crippen molar-refractivity contribution in [1.82, 2.24) is 4.98 Å². The third-order valence-corrected chi connectivity index (χ3v) is 1.69. The van der Waals surface area contributed by atoms with Crippen molar-refractivity contribution < 1.29 is 24.5 Å². The summed E-state index contributed by atoms with van der Waals surface area (Å²) in [5, 5.41) is 18.1. The van der Waals surface area contributed by atoms with Crippen molar-refractivity contribution in [3.8, 4) is 5.75 Å². The van der Waals surface area contributed by atoms with E-state index >= 15 is 0 Å². The maximum absolute atomic E-state index is 11.5. The van der Waals surface area contributed by atoms with Crippen LogP contribution in [0.15, 0.2) is 6.20 Å². The van der Waals surface area contributed by atoms with Crippen molar-refractivity contribution in [3.05, 3.63) is 17.5 Å². The monoisotopic (exact) mass is 227 g/mol. The molecule has 1 aromatic heterocycles. The molecule has 0 atom stereocenters. The lowest BCUT2D eigenvalue weighted by molar-refractivity contribution is 0.00608. The van der Waals surface area contributed by atoms with E-state index in [2.05, 4.69) is 4.98 Å². The summed E-state index contributed by atoms with van der Waals surface area (Å²) in [6.07, 6.45) is 1.04. The molecule has 0 radical (unpaired) electrons. The Hall–Kier alpha value is -1.98. The molecule has 1 aromatic rings. The molecule has 88 valence electrons. The number of ether oxygens (including phenoxy) is 1. The van der Waals surface area contributed by atoms with Gasteiger partial charge in [0.15, 0.2) is 11.4 Å². The lowest BCUT2D eigenvalue weighted by Crippen LogP contribution is -2.24. The first-order chi connectivity index (χ1) is 7.22. The molecule has 0 saturated carbocycles. The summed E-state index contributed by atoms with van der Waals surface area (Å²) in [5.41, 5.74) is -1.33. The van der Waals surface area contributed by atoms with Gasteiger partial charge in [-0.05, 0) is 20.8 Å². The number of H-pyrrole nitrogens is 1. The van der Waals surface area contributed by atoms with Gasteiger partial charge in [-0.15, -0.1) is 0 Å². The molecule has 16 heavy (non-hydrogen) atoms. The molecule has 0 fully saturated rings. The van der Waals surface area contributed by atoms with E-state index in [9.17, 15) is 14.7 Å². The Balaban J connectivity index is 2.98. The van der Waals surface area contributed by atoms with Crippen molar-refractivity contribution in [2.24, 2.45) is 0 Å². The van der Waals surface area contributed by atoms with Gasteiger partial charge in [0.1, 0.15) is 11.2 Å². The first-order valence-corrected chi connectivity index (χ1v) is 4.59. The van der Waals surface area contributed by atoms with E-state index in [1.165, 1.54) is 0 Å². The number of aromatic carboxylic acids is 1. The Morgan fingerprint density at radius 3 is 2.31 bits per heavy atom. The van der Waals surface area contributed by atoms with Crippen molar-refractivity contribution in [3.63, 3.8) is 0 Å². The van der Waals surface area contributed by atoms with Crippen LogP contribution in [0.3, 0.4) is 0 Å². The minimum atomic E-state index is -1.32. The zero-order valence-corrected chi connectivity index (χ0v) is 9.20. The van der Waals surface area contributed by atoms with E-state index in [0.717, 1.165) is 6.20 Å². The maximum atomic E-state index is 11.5. The Bertz CT molecular complexity index is 427. The van der Waals surface area contributed by atoms with Gasteiger partial charge in [-0.1, -0.05) is 0 Å². The number of carbonyl (C=O) groups is 2. The molecule has 6 nitrogen and oxygen atoms in total. The van der Waals surface area contributed by atoms with Crippen LogP contribution in [-0.4, -0.2) is 32.7 Å². The zero-order valence-electron chi connectivity index (χ0n) is 9.20. The largest absolute Gasteiger partial charge is 0.505 e. The lowest BCUT2D eigenvalue weighted by Gasteiger charge is -2.18. The second-order valence-electron chi connectivity index (χ2n) is 4.23. The number of hydrogen-bond acceptors (Lipinski definition) is 4. The Kier molecular flexibility index (Phi) is 2.93. The molecule has 0 unspecified atom stereocenters. The topological polar surface area (TPSA) is 99.6 Å². The average molecular weight is 227 g/mol. The van der Waals surface area contributed by atoms with Crippen molar-refractivity contribution in [2.45, 2.75) is 26.4 Å². The minimum Gasteiger partial charge on any atom is -0.505 e. The van der Waals surface area contributed by atoms with Crippen LogP contribution in [-0.2, 0) is 4.74 Å². The standard InChI is InChI=1S/C10H13NO5/c1-10(2,3)16-9(15)6-7(12)5(4-11-6)8(13)14/h4,11-12H,1-3H3,(H,13,14). The molecule has 0 spiro atoms. The van der Waals surface area contributed by atoms with Crippen LogP contribution >= 0.6 is 0 Å². The molecule has 0 saturated heterocycles. The molecular formula is C10H13NO5. The highest BCUT2D eigenvalue weighted by molar-refractivity contribution is 5.98. The van der Waals surface area contributed by atoms with Gasteiger partial charge in [-0.2, -0.15) is 0 Å². The van der Waals surface area contributed by atoms with Gasteiger partial charge in [-0.3, -0.25) is 0 Å². The quantitative estimate of drug-likeness (QED) is 0.662. The Morgan fingerprint density at radius 1 is 1.38 bits per heavy atom. The number of aromatic hydroxyl groups is 1. The second kappa shape index (κ2) is 3.88. The van der Waals surface area contributed by atoms with Crippen LogP contribution in [0.25, 0.3) is 0 Å². The Morgan fingerprint density at radius 2 is 1.94 bits per heavy atom. The number of carboxylic acid groups (broad SMARTS) is 1. The van der Waals surface area contributed by atoms with Gasteiger partial charge in [0, 0.05) is 6.20 Å². The third kappa shape index (κ3) is 2.53. The van der Waals surface area contributed by atoms with Crippen LogP contribution in [0.4, 0.5) is 0 Å². The summed E-state index contributed by atoms with van der Waals surface area (Å²) in [4.78, 5) is 24.5. The molecule has 1 heterocycles. The summed E-state index contributed by atoms with van der Waals surface area (Å²) in [6.45, 7) is 5.01. The minimum absolute atomic E-state index is 0.257. The third-order valence-electron chi connectivity index (χ3n) is 1.69. The van der Waals surface area contributed by atoms with Gasteiger partial charge in [0.05, 0.1) is 0 Å². The SMILES string of the molecule is CC(C)(C)OC(=O)c1[nH]cc(C(=O)O)c1O. The number of hydrogen-bond donors (Lipinski definition) is 3. The average Bonchev–Trinajstić information content (AvgIpc) is 2.43. The normalized spacial score (nSPS) is 11.2. The van der Waals surface area contributed by atoms with E-state index in [-0.39, 0.29) is 11.3 Å². The van der Waals surface area contributed by atoms with E-state index < -0.39 is 23.3 Å². The zero-order chi connectivity index (χ0) is 12.5. The van der Waals surface area contributed by atoms with Crippen LogP contribution in [0.1, 0.15) is 41.6 Å². The predicted octanol–water partition coefficient (Wildman–Crippen LogP) is 1.37. The summed E-state index contributed by atoms with van der Waals surface area (Å²) in [6, 6.07) is 0. The maximum Gasteiger partial charge on any atom is 0.359 e. The highest BCUT2D eigenvalue weighted by Gasteiger charge is 2.25. The highest BCUT2D eigenvalue weighted by Crippen LogP contribution is 2.24. The van der Waals surface area contributed by atoms with E-state index in [1.807, 2.05) is 0 Å². The second-order valence-corrected chi connectivity index (χ2v) is 4.23. The summed E-state index contributed by atoms with van der Waals surface area (Å²) >= 11 is 0. The molecule has 6 heteroatoms. The van der Waals surface area contributed by atoms with Gasteiger partial charge >= 0.3 is 11.9 Å². The highest BCUT2D eigenvalue weighted by atomic mass is 16.6. The number of carbonyl (C=O) groups excluding carboxylic acids is 1. The summed E-state index contributed by atoms with van der Waals surface area (Å²) in [7, 11) is 0. The fraction of sp³-hybridized carbons (Fsp3) is 0.400. The van der Waals surface area contributed by atoms with Crippen molar-refractivity contribution >= 4 is 11.9 Å². The van der Waals surface area contributed by atoms with Gasteiger partial charge in [0.2, 0.25) is 0 Å². The molecule has 0 aliphatic heterocycles. The first-order valence-electron chi connectivity index (χ1n) is 4.59. The number of carboxylic acids is 1. The number of aromatic amines is 1. The van der Waals surface area contributed by atoms with Crippen LogP contribution in [0, 0.1) is 0 Å². The number of aromatic nitrogens is 1. The fourth-order valence-electron chi connectivity index (χ4n) is 1.06. The Labute approximate surface area is 91.9 Å². The lowest BCUT2D eigenvalue weighted by atomic mass is 10.2. The smallest absolute Gasteiger partial charge is 0.359 e. The van der Waals surface area contributed by atoms with E-state index in [1.54, 1.807) is 20.8 Å². The van der Waals surface area contributed by atoms with Gasteiger partial charge in [0.25, 0.3) is 0 Å². The molecule has 0 aliphatic carbocycles. The summed E-state index contributed by atoms with van der Waals surface area (Å²) < 4.78 is 4.97. The van der Waals surface area contributed by atoms with Crippen LogP contribution < -0.4 is 0 Å². The molecule has 3 N–H and O–H groups in total. The molecule has 1 rings (SSSR count).